The molecule has 0 aromatic carbocycles. The van der Waals surface area contributed by atoms with E-state index in [0.29, 0.717) is 25.3 Å². The van der Waals surface area contributed by atoms with Crippen LogP contribution in [0.1, 0.15) is 31.7 Å². The van der Waals surface area contributed by atoms with Gasteiger partial charge in [0.05, 0.1) is 17.9 Å². The third-order valence-corrected chi connectivity index (χ3v) is 3.70. The molecular formula is C17H25N5O2. The zero-order valence-corrected chi connectivity index (χ0v) is 14.4. The smallest absolute Gasteiger partial charge is 0.320 e. The van der Waals surface area contributed by atoms with E-state index in [1.165, 1.54) is 0 Å². The molecule has 2 aromatic rings. The SMILES string of the molecule is Cc1cc(NC(=O)NCC(C)(C)CCO)n(Cc2ccccn2)n1. The first-order chi connectivity index (χ1) is 11.4. The van der Waals surface area contributed by atoms with Crippen LogP contribution in [0, 0.1) is 12.3 Å². The second-order valence-electron chi connectivity index (χ2n) is 6.60. The van der Waals surface area contributed by atoms with E-state index in [0.717, 1.165) is 11.4 Å². The predicted octanol–water partition coefficient (Wildman–Crippen LogP) is 2.16. The van der Waals surface area contributed by atoms with Crippen LogP contribution in [0.5, 0.6) is 0 Å². The average molecular weight is 331 g/mol. The number of aromatic nitrogens is 3. The molecule has 0 unspecified atom stereocenters. The molecule has 2 aromatic heterocycles. The number of hydrogen-bond acceptors (Lipinski definition) is 4. The number of aryl methyl sites for hydroxylation is 1. The third kappa shape index (κ3) is 5.34. The van der Waals surface area contributed by atoms with Crippen molar-refractivity contribution in [1.29, 1.82) is 0 Å². The summed E-state index contributed by atoms with van der Waals surface area (Å²) in [6, 6.07) is 7.23. The lowest BCUT2D eigenvalue weighted by molar-refractivity contribution is 0.204. The van der Waals surface area contributed by atoms with Gasteiger partial charge < -0.3 is 10.4 Å². The second kappa shape index (κ2) is 7.92. The molecular weight excluding hydrogens is 306 g/mol. The van der Waals surface area contributed by atoms with Gasteiger partial charge in [-0.25, -0.2) is 9.48 Å². The Morgan fingerprint density at radius 3 is 2.83 bits per heavy atom. The van der Waals surface area contributed by atoms with Crippen molar-refractivity contribution in [2.24, 2.45) is 5.41 Å². The minimum atomic E-state index is -0.289. The van der Waals surface area contributed by atoms with E-state index in [1.807, 2.05) is 45.0 Å². The zero-order valence-electron chi connectivity index (χ0n) is 14.4. The van der Waals surface area contributed by atoms with Crippen LogP contribution in [0.2, 0.25) is 0 Å². The van der Waals surface area contributed by atoms with Gasteiger partial charge in [0.15, 0.2) is 0 Å². The molecule has 0 spiro atoms. The topological polar surface area (TPSA) is 92.1 Å². The Kier molecular flexibility index (Phi) is 5.92. The van der Waals surface area contributed by atoms with Crippen molar-refractivity contribution in [1.82, 2.24) is 20.1 Å². The number of pyridine rings is 1. The number of hydrogen-bond donors (Lipinski definition) is 3. The molecule has 0 aliphatic heterocycles. The molecule has 130 valence electrons. The molecule has 0 bridgehead atoms. The van der Waals surface area contributed by atoms with Crippen molar-refractivity contribution < 1.29 is 9.90 Å². The molecule has 7 nitrogen and oxygen atoms in total. The van der Waals surface area contributed by atoms with Crippen LogP contribution >= 0.6 is 0 Å². The standard InChI is InChI=1S/C17H25N5O2/c1-13-10-15(20-16(24)19-12-17(2,3)7-9-23)22(21-13)11-14-6-4-5-8-18-14/h4-6,8,10,23H,7,9,11-12H2,1-3H3,(H2,19,20,24). The number of nitrogens with one attached hydrogen (secondary N) is 2. The van der Waals surface area contributed by atoms with Gasteiger partial charge in [0.2, 0.25) is 0 Å². The Bertz CT molecular complexity index is 667. The first-order valence-electron chi connectivity index (χ1n) is 8.00. The summed E-state index contributed by atoms with van der Waals surface area (Å²) in [5.41, 5.74) is 1.53. The summed E-state index contributed by atoms with van der Waals surface area (Å²) in [5, 5.41) is 19.1. The summed E-state index contributed by atoms with van der Waals surface area (Å²) >= 11 is 0. The van der Waals surface area contributed by atoms with Gasteiger partial charge in [-0.05, 0) is 30.9 Å². The quantitative estimate of drug-likeness (QED) is 0.725. The summed E-state index contributed by atoms with van der Waals surface area (Å²) in [7, 11) is 0. The highest BCUT2D eigenvalue weighted by Crippen LogP contribution is 2.18. The number of rotatable bonds is 7. The molecule has 0 radical (unpaired) electrons. The van der Waals surface area contributed by atoms with Gasteiger partial charge in [-0.3, -0.25) is 10.3 Å². The summed E-state index contributed by atoms with van der Waals surface area (Å²) < 4.78 is 1.72. The van der Waals surface area contributed by atoms with Crippen molar-refractivity contribution in [2.45, 2.75) is 33.7 Å². The van der Waals surface area contributed by atoms with E-state index < -0.39 is 0 Å². The summed E-state index contributed by atoms with van der Waals surface area (Å²) in [6.45, 7) is 6.94. The highest BCUT2D eigenvalue weighted by atomic mass is 16.3. The molecule has 7 heteroatoms. The minimum absolute atomic E-state index is 0.104. The van der Waals surface area contributed by atoms with E-state index >= 15 is 0 Å². The molecule has 0 fully saturated rings. The Labute approximate surface area is 142 Å². The van der Waals surface area contributed by atoms with Crippen LogP contribution in [-0.2, 0) is 6.54 Å². The lowest BCUT2D eigenvalue weighted by atomic mass is 9.90. The number of urea groups is 1. The average Bonchev–Trinajstić information content (AvgIpc) is 2.86. The van der Waals surface area contributed by atoms with Crippen LogP contribution < -0.4 is 10.6 Å². The van der Waals surface area contributed by atoms with Crippen molar-refractivity contribution >= 4 is 11.8 Å². The largest absolute Gasteiger partial charge is 0.396 e. The lowest BCUT2D eigenvalue weighted by Gasteiger charge is -2.23. The first kappa shape index (κ1) is 17.9. The van der Waals surface area contributed by atoms with Crippen LogP contribution in [-0.4, -0.2) is 39.1 Å². The molecule has 2 heterocycles. The molecule has 0 aliphatic carbocycles. The maximum absolute atomic E-state index is 12.1. The predicted molar refractivity (Wildman–Crippen MR) is 92.8 cm³/mol. The van der Waals surface area contributed by atoms with Crippen LogP contribution in [0.25, 0.3) is 0 Å². The van der Waals surface area contributed by atoms with E-state index in [9.17, 15) is 4.79 Å². The van der Waals surface area contributed by atoms with E-state index in [2.05, 4.69) is 20.7 Å². The van der Waals surface area contributed by atoms with Gasteiger partial charge in [0, 0.05) is 25.4 Å². The fourth-order valence-corrected chi connectivity index (χ4v) is 2.28. The number of nitrogens with zero attached hydrogens (tertiary/aromatic N) is 3. The Balaban J connectivity index is 1.98. The minimum Gasteiger partial charge on any atom is -0.396 e. The van der Waals surface area contributed by atoms with Gasteiger partial charge in [-0.15, -0.1) is 0 Å². The van der Waals surface area contributed by atoms with Gasteiger partial charge in [0.1, 0.15) is 5.82 Å². The van der Waals surface area contributed by atoms with Gasteiger partial charge in [-0.2, -0.15) is 5.10 Å². The van der Waals surface area contributed by atoms with E-state index in [4.69, 9.17) is 5.11 Å². The Morgan fingerprint density at radius 1 is 1.38 bits per heavy atom. The highest BCUT2D eigenvalue weighted by Gasteiger charge is 2.18. The van der Waals surface area contributed by atoms with Crippen molar-refractivity contribution in [2.75, 3.05) is 18.5 Å². The number of carbonyl (C=O) groups excluding carboxylic acids is 1. The number of anilines is 1. The second-order valence-corrected chi connectivity index (χ2v) is 6.60. The van der Waals surface area contributed by atoms with Crippen molar-refractivity contribution in [3.8, 4) is 0 Å². The summed E-state index contributed by atoms with van der Waals surface area (Å²) in [4.78, 5) is 16.4. The van der Waals surface area contributed by atoms with E-state index in [1.54, 1.807) is 10.9 Å². The van der Waals surface area contributed by atoms with Crippen LogP contribution in [0.3, 0.4) is 0 Å². The number of aliphatic hydroxyl groups is 1. The normalized spacial score (nSPS) is 11.3. The highest BCUT2D eigenvalue weighted by molar-refractivity contribution is 5.88. The third-order valence-electron chi connectivity index (χ3n) is 3.70. The van der Waals surface area contributed by atoms with Gasteiger partial charge in [-0.1, -0.05) is 19.9 Å². The fraction of sp³-hybridized carbons (Fsp3) is 0.471. The molecule has 0 atom stereocenters. The monoisotopic (exact) mass is 331 g/mol. The Morgan fingerprint density at radius 2 is 2.17 bits per heavy atom. The molecule has 3 N–H and O–H groups in total. The first-order valence-corrected chi connectivity index (χ1v) is 8.00. The molecule has 0 aliphatic rings. The van der Waals surface area contributed by atoms with Crippen molar-refractivity contribution in [3.63, 3.8) is 0 Å². The fourth-order valence-electron chi connectivity index (χ4n) is 2.28. The lowest BCUT2D eigenvalue weighted by Crippen LogP contribution is -2.37. The molecule has 0 saturated carbocycles. The summed E-state index contributed by atoms with van der Waals surface area (Å²) in [6.07, 6.45) is 2.36. The van der Waals surface area contributed by atoms with Gasteiger partial charge in [0.25, 0.3) is 0 Å². The zero-order chi connectivity index (χ0) is 17.6. The number of aliphatic hydroxyl groups excluding tert-OH is 1. The summed E-state index contributed by atoms with van der Waals surface area (Å²) in [5.74, 6) is 0.621. The molecule has 2 rings (SSSR count). The number of carbonyl (C=O) groups is 1. The molecule has 0 saturated heterocycles. The Hall–Kier alpha value is -2.41. The van der Waals surface area contributed by atoms with Crippen molar-refractivity contribution in [3.05, 3.63) is 41.9 Å². The van der Waals surface area contributed by atoms with Gasteiger partial charge >= 0.3 is 6.03 Å². The van der Waals surface area contributed by atoms with Crippen LogP contribution in [0.4, 0.5) is 10.6 Å². The number of amides is 2. The van der Waals surface area contributed by atoms with Crippen LogP contribution in [0.15, 0.2) is 30.5 Å². The maximum atomic E-state index is 12.1. The molecule has 24 heavy (non-hydrogen) atoms. The molecule has 2 amide bonds. The van der Waals surface area contributed by atoms with E-state index in [-0.39, 0.29) is 18.1 Å². The maximum Gasteiger partial charge on any atom is 0.320 e.